The Morgan fingerprint density at radius 2 is 1.61 bits per heavy atom. The van der Waals surface area contributed by atoms with Crippen LogP contribution in [0.4, 0.5) is 5.69 Å². The van der Waals surface area contributed by atoms with Gasteiger partial charge in [0.05, 0.1) is 18.5 Å². The minimum Gasteiger partial charge on any atom is -0.503 e. The number of ether oxygens (including phenoxy) is 1. The Morgan fingerprint density at radius 1 is 0.935 bits per heavy atom. The molecule has 0 amide bonds. The van der Waals surface area contributed by atoms with Crippen LogP contribution in [-0.2, 0) is 20.1 Å². The molecule has 168 valence electrons. The van der Waals surface area contributed by atoms with E-state index < -0.39 is 0 Å². The van der Waals surface area contributed by atoms with Gasteiger partial charge in [0.1, 0.15) is 5.75 Å². The van der Waals surface area contributed by atoms with E-state index >= 15 is 0 Å². The predicted octanol–water partition coefficient (Wildman–Crippen LogP) is 2.41. The smallest absolute Gasteiger partial charge is 0.223 e. The number of hydrogen-bond acceptors (Lipinski definition) is 6. The minimum absolute atomic E-state index is 0.114. The zero-order chi connectivity index (χ0) is 21.8. The first kappa shape index (κ1) is 21.7. The number of piperidine rings is 1. The normalized spacial score (nSPS) is 18.3. The summed E-state index contributed by atoms with van der Waals surface area (Å²) in [6, 6.07) is 9.70. The van der Waals surface area contributed by atoms with E-state index in [0.717, 1.165) is 62.9 Å². The number of likely N-dealkylation sites (tertiary alicyclic amines) is 1. The Bertz CT molecular complexity index is 944. The molecule has 1 aromatic heterocycles. The highest BCUT2D eigenvalue weighted by molar-refractivity contribution is 5.58. The lowest BCUT2D eigenvalue weighted by Crippen LogP contribution is -2.46. The van der Waals surface area contributed by atoms with Crippen molar-refractivity contribution >= 4 is 5.69 Å². The molecule has 0 atom stereocenters. The lowest BCUT2D eigenvalue weighted by atomic mass is 10.1. The van der Waals surface area contributed by atoms with Gasteiger partial charge in [-0.1, -0.05) is 18.6 Å². The summed E-state index contributed by atoms with van der Waals surface area (Å²) < 4.78 is 7.54. The van der Waals surface area contributed by atoms with Gasteiger partial charge in [-0.25, -0.2) is 0 Å². The van der Waals surface area contributed by atoms with Crippen LogP contribution in [0.5, 0.6) is 11.5 Å². The third-order valence-electron chi connectivity index (χ3n) is 6.65. The summed E-state index contributed by atoms with van der Waals surface area (Å²) in [6.07, 6.45) is 3.72. The molecule has 0 bridgehead atoms. The second-order valence-corrected chi connectivity index (χ2v) is 8.63. The third-order valence-corrected chi connectivity index (χ3v) is 6.65. The van der Waals surface area contributed by atoms with Gasteiger partial charge in [0.15, 0.2) is 5.75 Å². The molecule has 0 unspecified atom stereocenters. The van der Waals surface area contributed by atoms with Gasteiger partial charge in [-0.15, -0.1) is 0 Å². The number of nitrogens with zero attached hydrogens (tertiary/aromatic N) is 4. The van der Waals surface area contributed by atoms with Gasteiger partial charge in [-0.2, -0.15) is 0 Å². The molecule has 2 aromatic rings. The zero-order valence-electron chi connectivity index (χ0n) is 18.7. The summed E-state index contributed by atoms with van der Waals surface area (Å²) >= 11 is 0. The van der Waals surface area contributed by atoms with Crippen molar-refractivity contribution in [2.24, 2.45) is 7.05 Å². The maximum atomic E-state index is 12.5. The Labute approximate surface area is 184 Å². The first-order valence-corrected chi connectivity index (χ1v) is 11.3. The fourth-order valence-corrected chi connectivity index (χ4v) is 4.72. The Morgan fingerprint density at radius 3 is 2.32 bits per heavy atom. The minimum atomic E-state index is -0.271. The predicted molar refractivity (Wildman–Crippen MR) is 123 cm³/mol. The second-order valence-electron chi connectivity index (χ2n) is 8.63. The lowest BCUT2D eigenvalue weighted by Gasteiger charge is -2.37. The SMILES string of the molecule is COc1ccccc1N1CCN(Cc2c(O)c(=O)cc(CN3CCCCC3)n2C)CC1. The summed E-state index contributed by atoms with van der Waals surface area (Å²) in [5.41, 5.74) is 2.54. The summed E-state index contributed by atoms with van der Waals surface area (Å²) in [7, 11) is 3.67. The van der Waals surface area contributed by atoms with Crippen LogP contribution in [0.3, 0.4) is 0 Å². The molecule has 1 N–H and O–H groups in total. The molecule has 2 aliphatic heterocycles. The fraction of sp³-hybridized carbons (Fsp3) is 0.542. The van der Waals surface area contributed by atoms with Crippen LogP contribution in [0.25, 0.3) is 0 Å². The van der Waals surface area contributed by atoms with Crippen LogP contribution in [0.15, 0.2) is 35.1 Å². The molecule has 0 aliphatic carbocycles. The first-order valence-electron chi connectivity index (χ1n) is 11.3. The number of aromatic nitrogens is 1. The van der Waals surface area contributed by atoms with Gasteiger partial charge in [0, 0.05) is 58.1 Å². The van der Waals surface area contributed by atoms with Crippen LogP contribution in [0, 0.1) is 0 Å². The molecule has 1 aromatic carbocycles. The Kier molecular flexibility index (Phi) is 6.83. The molecule has 2 saturated heterocycles. The van der Waals surface area contributed by atoms with Crippen LogP contribution in [0.2, 0.25) is 0 Å². The van der Waals surface area contributed by atoms with Crippen LogP contribution < -0.4 is 15.1 Å². The number of para-hydroxylation sites is 2. The molecule has 3 heterocycles. The van der Waals surface area contributed by atoms with Crippen molar-refractivity contribution in [3.8, 4) is 11.5 Å². The molecule has 0 saturated carbocycles. The monoisotopic (exact) mass is 426 g/mol. The summed E-state index contributed by atoms with van der Waals surface area (Å²) in [6.45, 7) is 6.98. The van der Waals surface area contributed by atoms with E-state index in [1.54, 1.807) is 13.2 Å². The molecular weight excluding hydrogens is 392 g/mol. The van der Waals surface area contributed by atoms with Crippen LogP contribution in [0.1, 0.15) is 30.7 Å². The highest BCUT2D eigenvalue weighted by Gasteiger charge is 2.23. The summed E-state index contributed by atoms with van der Waals surface area (Å²) in [5, 5.41) is 10.5. The molecule has 4 rings (SSSR count). The van der Waals surface area contributed by atoms with E-state index in [9.17, 15) is 9.90 Å². The van der Waals surface area contributed by atoms with Gasteiger partial charge in [0.25, 0.3) is 0 Å². The molecule has 31 heavy (non-hydrogen) atoms. The quantitative estimate of drug-likeness (QED) is 0.766. The third kappa shape index (κ3) is 4.88. The van der Waals surface area contributed by atoms with E-state index in [1.807, 2.05) is 29.8 Å². The average molecular weight is 427 g/mol. The summed E-state index contributed by atoms with van der Waals surface area (Å²) in [5.74, 6) is 0.776. The second kappa shape index (κ2) is 9.75. The van der Waals surface area contributed by atoms with Crippen molar-refractivity contribution in [2.45, 2.75) is 32.4 Å². The highest BCUT2D eigenvalue weighted by Crippen LogP contribution is 2.29. The summed E-state index contributed by atoms with van der Waals surface area (Å²) in [4.78, 5) is 19.5. The van der Waals surface area contributed by atoms with Crippen molar-refractivity contribution < 1.29 is 9.84 Å². The van der Waals surface area contributed by atoms with E-state index in [2.05, 4.69) is 20.8 Å². The largest absolute Gasteiger partial charge is 0.503 e. The highest BCUT2D eigenvalue weighted by atomic mass is 16.5. The lowest BCUT2D eigenvalue weighted by molar-refractivity contribution is 0.212. The van der Waals surface area contributed by atoms with Crippen molar-refractivity contribution in [3.63, 3.8) is 0 Å². The fourth-order valence-electron chi connectivity index (χ4n) is 4.72. The van der Waals surface area contributed by atoms with Crippen molar-refractivity contribution in [2.75, 3.05) is 51.3 Å². The number of pyridine rings is 1. The van der Waals surface area contributed by atoms with E-state index in [4.69, 9.17) is 4.74 Å². The molecule has 0 radical (unpaired) electrons. The molecule has 7 heteroatoms. The topological polar surface area (TPSA) is 61.2 Å². The molecule has 0 spiro atoms. The molecule has 2 fully saturated rings. The van der Waals surface area contributed by atoms with E-state index in [0.29, 0.717) is 12.2 Å². The average Bonchev–Trinajstić information content (AvgIpc) is 2.81. The van der Waals surface area contributed by atoms with Crippen LogP contribution >= 0.6 is 0 Å². The van der Waals surface area contributed by atoms with Gasteiger partial charge in [0.2, 0.25) is 5.43 Å². The Hall–Kier alpha value is -2.51. The number of hydrogen-bond donors (Lipinski definition) is 1. The maximum absolute atomic E-state index is 12.5. The Balaban J connectivity index is 1.45. The zero-order valence-corrected chi connectivity index (χ0v) is 18.7. The number of rotatable bonds is 6. The van der Waals surface area contributed by atoms with Gasteiger partial charge >= 0.3 is 0 Å². The van der Waals surface area contributed by atoms with Gasteiger partial charge in [-0.05, 0) is 38.1 Å². The standard InChI is InChI=1S/C24H34N4O3/c1-25-19(17-26-10-6-3-7-11-26)16-22(29)24(30)21(25)18-27-12-14-28(15-13-27)20-8-4-5-9-23(20)31-2/h4-5,8-9,16,30H,3,6-7,10-15,17-18H2,1-2H3. The van der Waals surface area contributed by atoms with E-state index in [-0.39, 0.29) is 11.2 Å². The number of anilines is 1. The van der Waals surface area contributed by atoms with Gasteiger partial charge in [-0.3, -0.25) is 14.6 Å². The van der Waals surface area contributed by atoms with Crippen LogP contribution in [-0.4, -0.2) is 65.9 Å². The first-order chi connectivity index (χ1) is 15.1. The van der Waals surface area contributed by atoms with Crippen molar-refractivity contribution in [1.82, 2.24) is 14.4 Å². The molecule has 7 nitrogen and oxygen atoms in total. The number of methoxy groups -OCH3 is 1. The number of benzene rings is 1. The number of aromatic hydroxyl groups is 1. The molecule has 2 aliphatic rings. The number of piperazine rings is 1. The van der Waals surface area contributed by atoms with E-state index in [1.165, 1.54) is 19.3 Å². The van der Waals surface area contributed by atoms with Gasteiger partial charge < -0.3 is 19.3 Å². The molecular formula is C24H34N4O3. The van der Waals surface area contributed by atoms with Crippen molar-refractivity contribution in [1.29, 1.82) is 0 Å². The maximum Gasteiger partial charge on any atom is 0.223 e. The van der Waals surface area contributed by atoms with Crippen molar-refractivity contribution in [3.05, 3.63) is 51.9 Å².